The predicted octanol–water partition coefficient (Wildman–Crippen LogP) is 3.84. The van der Waals surface area contributed by atoms with Gasteiger partial charge in [-0.2, -0.15) is 0 Å². The number of hydrogen-bond donors (Lipinski definition) is 1. The summed E-state index contributed by atoms with van der Waals surface area (Å²) in [4.78, 5) is 19.8. The lowest BCUT2D eigenvalue weighted by molar-refractivity contribution is 0.101. The van der Waals surface area contributed by atoms with Gasteiger partial charge in [0, 0.05) is 0 Å². The normalized spacial score (nSPS) is 12.8. The van der Waals surface area contributed by atoms with E-state index in [1.165, 1.54) is 6.92 Å². The molecule has 117 valence electrons. The molecule has 1 rings (SSSR count). The van der Waals surface area contributed by atoms with E-state index in [1.54, 1.807) is 6.92 Å². The Morgan fingerprint density at radius 1 is 1.24 bits per heavy atom. The minimum atomic E-state index is -2.04. The van der Waals surface area contributed by atoms with Gasteiger partial charge in [-0.15, -0.1) is 0 Å². The average molecular weight is 329 g/mol. The largest absolute Gasteiger partial charge is 0.403 e. The highest BCUT2D eigenvalue weighted by Gasteiger charge is 2.40. The Morgan fingerprint density at radius 2 is 1.76 bits per heavy atom. The Morgan fingerprint density at radius 3 is 2.19 bits per heavy atom. The zero-order valence-corrected chi connectivity index (χ0v) is 15.4. The maximum atomic E-state index is 11.8. The maximum absolute atomic E-state index is 11.8. The lowest BCUT2D eigenvalue weighted by Gasteiger charge is -2.38. The van der Waals surface area contributed by atoms with Crippen molar-refractivity contribution in [2.45, 2.75) is 52.8 Å². The van der Waals surface area contributed by atoms with Gasteiger partial charge in [-0.05, 0) is 32.0 Å². The third-order valence-electron chi connectivity index (χ3n) is 3.78. The lowest BCUT2D eigenvalue weighted by Crippen LogP contribution is -2.42. The van der Waals surface area contributed by atoms with E-state index < -0.39 is 8.32 Å². The second-order valence-electron chi connectivity index (χ2n) is 6.57. The summed E-state index contributed by atoms with van der Waals surface area (Å²) in [5.74, 6) is -0.189. The summed E-state index contributed by atoms with van der Waals surface area (Å²) >= 11 is 6.03. The van der Waals surface area contributed by atoms with Gasteiger partial charge >= 0.3 is 0 Å². The molecule has 0 fully saturated rings. The van der Waals surface area contributed by atoms with Crippen LogP contribution in [0.25, 0.3) is 0 Å². The first-order chi connectivity index (χ1) is 9.36. The number of halogens is 1. The second-order valence-corrected chi connectivity index (χ2v) is 11.7. The molecule has 1 aromatic heterocycles. The van der Waals surface area contributed by atoms with E-state index >= 15 is 0 Å². The fourth-order valence-electron chi connectivity index (χ4n) is 1.60. The Balaban J connectivity index is 3.25. The summed E-state index contributed by atoms with van der Waals surface area (Å²) in [7, 11) is -2.04. The molecule has 5 nitrogen and oxygen atoms in total. The molecule has 0 amide bonds. The molecule has 21 heavy (non-hydrogen) atoms. The van der Waals surface area contributed by atoms with Crippen molar-refractivity contribution in [2.24, 2.45) is 0 Å². The smallest absolute Gasteiger partial charge is 0.221 e. The summed E-state index contributed by atoms with van der Waals surface area (Å²) in [6, 6.07) is 0. The van der Waals surface area contributed by atoms with E-state index in [0.29, 0.717) is 11.8 Å². The van der Waals surface area contributed by atoms with Crippen LogP contribution < -0.4 is 5.73 Å². The molecule has 2 N–H and O–H groups in total. The fraction of sp³-hybridized carbons (Fsp3) is 0.571. The van der Waals surface area contributed by atoms with E-state index in [-0.39, 0.29) is 27.5 Å². The van der Waals surface area contributed by atoms with Gasteiger partial charge in [0.15, 0.2) is 14.1 Å². The van der Waals surface area contributed by atoms with E-state index in [2.05, 4.69) is 43.8 Å². The van der Waals surface area contributed by atoms with Crippen LogP contribution in [-0.4, -0.2) is 24.1 Å². The zero-order valence-electron chi connectivity index (χ0n) is 13.7. The van der Waals surface area contributed by atoms with Gasteiger partial charge in [0.25, 0.3) is 0 Å². The highest BCUT2D eigenvalue weighted by Crippen LogP contribution is 2.39. The van der Waals surface area contributed by atoms with E-state index in [9.17, 15) is 4.79 Å². The van der Waals surface area contributed by atoms with Crippen molar-refractivity contribution in [2.75, 3.05) is 5.73 Å². The van der Waals surface area contributed by atoms with Crippen molar-refractivity contribution in [3.05, 3.63) is 22.5 Å². The van der Waals surface area contributed by atoms with Gasteiger partial charge in [-0.25, -0.2) is 9.97 Å². The molecule has 0 aliphatic heterocycles. The number of carbonyl (C=O) groups excluding carboxylic acids is 1. The van der Waals surface area contributed by atoms with E-state index in [0.717, 1.165) is 0 Å². The van der Waals surface area contributed by atoms with Crippen LogP contribution in [0.2, 0.25) is 23.3 Å². The fourth-order valence-corrected chi connectivity index (χ4v) is 3.08. The predicted molar refractivity (Wildman–Crippen MR) is 87.8 cm³/mol. The summed E-state index contributed by atoms with van der Waals surface area (Å²) < 4.78 is 6.19. The minimum absolute atomic E-state index is 0.0261. The number of aromatic nitrogens is 2. The minimum Gasteiger partial charge on any atom is -0.403 e. The number of carbonyl (C=O) groups is 1. The number of nitrogen functional groups attached to an aromatic ring is 1. The monoisotopic (exact) mass is 328 g/mol. The van der Waals surface area contributed by atoms with Crippen molar-refractivity contribution in [3.8, 4) is 0 Å². The first kappa shape index (κ1) is 18.1. The average Bonchev–Trinajstić information content (AvgIpc) is 2.24. The number of nitrogens with two attached hydrogens (primary N) is 1. The highest BCUT2D eigenvalue weighted by atomic mass is 35.5. The molecule has 1 radical (unpaired) electrons. The van der Waals surface area contributed by atoms with Crippen LogP contribution >= 0.6 is 11.6 Å². The number of ketones is 1. The van der Waals surface area contributed by atoms with Gasteiger partial charge in [0.05, 0.1) is 11.3 Å². The van der Waals surface area contributed by atoms with Crippen molar-refractivity contribution in [1.29, 1.82) is 0 Å². The summed E-state index contributed by atoms with van der Waals surface area (Å²) in [6.07, 6.45) is 0.558. The molecule has 0 saturated heterocycles. The topological polar surface area (TPSA) is 78.1 Å². The first-order valence-corrected chi connectivity index (χ1v) is 10.0. The molecule has 1 heterocycles. The third-order valence-corrected chi connectivity index (χ3v) is 8.48. The molecule has 1 aromatic rings. The Hall–Kier alpha value is -0.983. The summed E-state index contributed by atoms with van der Waals surface area (Å²) in [6.45, 7) is 13.9. The molecule has 0 aliphatic carbocycles. The van der Waals surface area contributed by atoms with Crippen LogP contribution in [0.1, 0.15) is 50.7 Å². The van der Waals surface area contributed by atoms with Gasteiger partial charge < -0.3 is 10.2 Å². The van der Waals surface area contributed by atoms with Crippen LogP contribution in [0, 0.1) is 6.10 Å². The quantitative estimate of drug-likeness (QED) is 0.516. The van der Waals surface area contributed by atoms with Crippen molar-refractivity contribution in [1.82, 2.24) is 9.97 Å². The third kappa shape index (κ3) is 4.02. The van der Waals surface area contributed by atoms with Crippen LogP contribution in [0.15, 0.2) is 0 Å². The van der Waals surface area contributed by atoms with Gasteiger partial charge in [0.2, 0.25) is 5.95 Å². The molecule has 0 atom stereocenters. The lowest BCUT2D eigenvalue weighted by atomic mass is 10.1. The standard InChI is InChI=1S/C14H23ClN3O2Si/c1-8(19)10-11(17-13(16)18-12(10)15)9(2)20-21(6,7)14(3,4)5/h1-7H3,(H2,16,17,18). The van der Waals surface area contributed by atoms with Crippen LogP contribution in [0.5, 0.6) is 0 Å². The number of rotatable bonds is 4. The molecule has 0 aromatic carbocycles. The molecule has 0 bridgehead atoms. The van der Waals surface area contributed by atoms with Crippen LogP contribution in [-0.2, 0) is 4.43 Å². The SMILES string of the molecule is C[C](O[Si](C)(C)C(C)(C)C)c1nc(N)nc(Cl)c1C(C)=O. The molecular formula is C14H23ClN3O2Si. The summed E-state index contributed by atoms with van der Waals surface area (Å²) in [5, 5.41) is 0.0932. The molecule has 0 aliphatic rings. The Labute approximate surface area is 132 Å². The molecule has 0 unspecified atom stereocenters. The van der Waals surface area contributed by atoms with E-state index in [4.69, 9.17) is 21.8 Å². The number of anilines is 1. The molecule has 0 saturated carbocycles. The van der Waals surface area contributed by atoms with Crippen molar-refractivity contribution < 1.29 is 9.22 Å². The first-order valence-electron chi connectivity index (χ1n) is 6.73. The molecule has 7 heteroatoms. The van der Waals surface area contributed by atoms with Crippen molar-refractivity contribution in [3.63, 3.8) is 0 Å². The zero-order chi connectivity index (χ0) is 16.6. The van der Waals surface area contributed by atoms with Gasteiger partial charge in [-0.1, -0.05) is 32.4 Å². The van der Waals surface area contributed by atoms with Gasteiger partial charge in [0.1, 0.15) is 11.3 Å². The van der Waals surface area contributed by atoms with Crippen molar-refractivity contribution >= 4 is 31.6 Å². The molecule has 0 spiro atoms. The summed E-state index contributed by atoms with van der Waals surface area (Å²) in [5.41, 5.74) is 6.27. The van der Waals surface area contributed by atoms with Crippen LogP contribution in [0.4, 0.5) is 5.95 Å². The highest BCUT2D eigenvalue weighted by molar-refractivity contribution is 6.74. The number of hydrogen-bond acceptors (Lipinski definition) is 5. The van der Waals surface area contributed by atoms with Gasteiger partial charge in [-0.3, -0.25) is 4.79 Å². The maximum Gasteiger partial charge on any atom is 0.221 e. The Bertz CT molecular complexity index is 556. The Kier molecular flexibility index (Phi) is 5.18. The molecular weight excluding hydrogens is 306 g/mol. The van der Waals surface area contributed by atoms with E-state index in [1.807, 2.05) is 0 Å². The second kappa shape index (κ2) is 6.02. The van der Waals surface area contributed by atoms with Crippen LogP contribution in [0.3, 0.4) is 0 Å². The number of Topliss-reactive ketones (excluding diaryl/α,β-unsaturated/α-hetero) is 1. The number of nitrogens with zero attached hydrogens (tertiary/aromatic N) is 2.